The van der Waals surface area contributed by atoms with Crippen molar-refractivity contribution < 1.29 is 22.7 Å². The van der Waals surface area contributed by atoms with Crippen molar-refractivity contribution in [2.45, 2.75) is 12.5 Å². The molecule has 1 amide bonds. The quantitative estimate of drug-likeness (QED) is 0.593. The van der Waals surface area contributed by atoms with E-state index in [9.17, 15) is 13.6 Å². The molecule has 9 heteroatoms. The molecule has 5 rings (SSSR count). The molecule has 0 aliphatic carbocycles. The third-order valence-electron chi connectivity index (χ3n) is 6.41. The van der Waals surface area contributed by atoms with Crippen LogP contribution < -0.4 is 10.2 Å². The number of carbonyl (C=O) groups is 1. The zero-order chi connectivity index (χ0) is 23.5. The van der Waals surface area contributed by atoms with Crippen LogP contribution in [0.1, 0.15) is 23.9 Å². The topological polar surface area (TPSA) is 70.8 Å². The van der Waals surface area contributed by atoms with Gasteiger partial charge in [0.15, 0.2) is 0 Å². The van der Waals surface area contributed by atoms with Gasteiger partial charge in [-0.2, -0.15) is 0 Å². The van der Waals surface area contributed by atoms with Gasteiger partial charge in [-0.1, -0.05) is 12.1 Å². The van der Waals surface area contributed by atoms with Crippen LogP contribution in [0.4, 0.5) is 20.2 Å². The number of aromatic nitrogens is 1. The number of benzene rings is 2. The van der Waals surface area contributed by atoms with Crippen LogP contribution in [0, 0.1) is 17.6 Å². The minimum Gasteiger partial charge on any atom is -0.447 e. The molecule has 3 aromatic rings. The van der Waals surface area contributed by atoms with Gasteiger partial charge in [-0.25, -0.2) is 13.8 Å². The minimum absolute atomic E-state index is 0.142. The van der Waals surface area contributed by atoms with Gasteiger partial charge in [0, 0.05) is 38.5 Å². The van der Waals surface area contributed by atoms with E-state index in [1.165, 1.54) is 24.5 Å². The molecule has 2 saturated heterocycles. The molecule has 1 N–H and O–H groups in total. The lowest BCUT2D eigenvalue weighted by atomic mass is 10.0. The lowest BCUT2D eigenvalue weighted by Gasteiger charge is -2.39. The van der Waals surface area contributed by atoms with E-state index in [4.69, 9.17) is 9.15 Å². The summed E-state index contributed by atoms with van der Waals surface area (Å²) in [4.78, 5) is 20.8. The number of anilines is 2. The molecule has 0 bridgehead atoms. The monoisotopic (exact) mass is 468 g/mol. The van der Waals surface area contributed by atoms with E-state index in [0.717, 1.165) is 5.56 Å². The van der Waals surface area contributed by atoms with E-state index < -0.39 is 0 Å². The van der Waals surface area contributed by atoms with E-state index in [1.807, 2.05) is 4.90 Å². The Bertz CT molecular complexity index is 1110. The van der Waals surface area contributed by atoms with Gasteiger partial charge in [-0.15, -0.1) is 0 Å². The van der Waals surface area contributed by atoms with Crippen LogP contribution in [0.3, 0.4) is 0 Å². The van der Waals surface area contributed by atoms with E-state index >= 15 is 0 Å². The summed E-state index contributed by atoms with van der Waals surface area (Å²) >= 11 is 0. The number of carbonyl (C=O) groups excluding carboxylic acids is 1. The second kappa shape index (κ2) is 9.90. The van der Waals surface area contributed by atoms with Crippen LogP contribution in [0.25, 0.3) is 0 Å². The first kappa shape index (κ1) is 22.5. The van der Waals surface area contributed by atoms with Gasteiger partial charge in [-0.05, 0) is 42.3 Å². The van der Waals surface area contributed by atoms with Crippen molar-refractivity contribution in [1.82, 2.24) is 9.88 Å². The number of hydrogen-bond donors (Lipinski definition) is 1. The lowest BCUT2D eigenvalue weighted by molar-refractivity contribution is -0.119. The number of halogens is 2. The summed E-state index contributed by atoms with van der Waals surface area (Å²) in [6.07, 6.45) is 3.80. The van der Waals surface area contributed by atoms with Crippen molar-refractivity contribution in [1.29, 1.82) is 0 Å². The molecule has 3 heterocycles. The smallest absolute Gasteiger partial charge is 0.229 e. The minimum atomic E-state index is -0.378. The maximum Gasteiger partial charge on any atom is 0.229 e. The standard InChI is InChI=1S/C25H26F2N4O3/c26-19-3-1-17(2-4-19)23(25-28-8-14-34-25)31-11-9-30(10-12-31)22-6-5-20(15-21(22)27)29-24(32)18-7-13-33-16-18/h1-6,8,14-15,18,23H,7,9-13,16H2,(H,29,32)/t18-,23?/m1/s1. The second-order valence-corrected chi connectivity index (χ2v) is 8.56. The first-order chi connectivity index (χ1) is 16.6. The Morgan fingerprint density at radius 3 is 2.53 bits per heavy atom. The second-order valence-electron chi connectivity index (χ2n) is 8.56. The first-order valence-corrected chi connectivity index (χ1v) is 11.4. The van der Waals surface area contributed by atoms with Crippen molar-refractivity contribution >= 4 is 17.3 Å². The molecule has 1 unspecified atom stereocenters. The Hall–Kier alpha value is -3.30. The van der Waals surface area contributed by atoms with Gasteiger partial charge in [0.25, 0.3) is 0 Å². The number of piperazine rings is 1. The molecule has 178 valence electrons. The summed E-state index contributed by atoms with van der Waals surface area (Å²) in [7, 11) is 0. The fraction of sp³-hybridized carbons (Fsp3) is 0.360. The molecule has 2 atom stereocenters. The van der Waals surface area contributed by atoms with Gasteiger partial charge in [0.1, 0.15) is 23.9 Å². The van der Waals surface area contributed by atoms with E-state index in [-0.39, 0.29) is 29.5 Å². The van der Waals surface area contributed by atoms with Gasteiger partial charge in [-0.3, -0.25) is 9.69 Å². The fourth-order valence-corrected chi connectivity index (χ4v) is 4.57. The van der Waals surface area contributed by atoms with Crippen LogP contribution in [0.15, 0.2) is 59.3 Å². The number of nitrogens with zero attached hydrogens (tertiary/aromatic N) is 3. The van der Waals surface area contributed by atoms with Gasteiger partial charge in [0.2, 0.25) is 11.8 Å². The average Bonchev–Trinajstić information content (AvgIpc) is 3.56. The maximum atomic E-state index is 15.0. The number of ether oxygens (including phenoxy) is 1. The third-order valence-corrected chi connectivity index (χ3v) is 6.41. The molecule has 2 aliphatic rings. The van der Waals surface area contributed by atoms with Crippen molar-refractivity contribution in [2.75, 3.05) is 49.6 Å². The number of hydrogen-bond acceptors (Lipinski definition) is 6. The third kappa shape index (κ3) is 4.80. The molecule has 7 nitrogen and oxygen atoms in total. The molecule has 0 radical (unpaired) electrons. The number of rotatable bonds is 6. The fourth-order valence-electron chi connectivity index (χ4n) is 4.57. The molecule has 0 spiro atoms. The molecule has 34 heavy (non-hydrogen) atoms. The zero-order valence-corrected chi connectivity index (χ0v) is 18.6. The van der Waals surface area contributed by atoms with Crippen molar-refractivity contribution in [3.05, 3.63) is 78.0 Å². The van der Waals surface area contributed by atoms with Crippen LogP contribution in [-0.4, -0.2) is 55.2 Å². The Kier molecular flexibility index (Phi) is 6.55. The van der Waals surface area contributed by atoms with Gasteiger partial charge < -0.3 is 19.4 Å². The highest BCUT2D eigenvalue weighted by atomic mass is 19.1. The predicted octanol–water partition coefficient (Wildman–Crippen LogP) is 3.84. The number of oxazole rings is 1. The summed E-state index contributed by atoms with van der Waals surface area (Å²) in [6.45, 7) is 3.47. The Morgan fingerprint density at radius 1 is 1.09 bits per heavy atom. The lowest BCUT2D eigenvalue weighted by Crippen LogP contribution is -2.48. The van der Waals surface area contributed by atoms with Gasteiger partial charge in [0.05, 0.1) is 24.4 Å². The molecule has 1 aromatic heterocycles. The molecule has 2 aliphatic heterocycles. The predicted molar refractivity (Wildman–Crippen MR) is 122 cm³/mol. The normalized spacial score (nSPS) is 19.8. The zero-order valence-electron chi connectivity index (χ0n) is 18.6. The number of nitrogens with one attached hydrogen (secondary N) is 1. The van der Waals surface area contributed by atoms with Gasteiger partial charge >= 0.3 is 0 Å². The average molecular weight is 469 g/mol. The van der Waals surface area contributed by atoms with E-state index in [1.54, 1.807) is 30.5 Å². The Labute approximate surface area is 196 Å². The summed E-state index contributed by atoms with van der Waals surface area (Å²) in [5, 5.41) is 2.78. The summed E-state index contributed by atoms with van der Waals surface area (Å²) in [5.41, 5.74) is 1.82. The SMILES string of the molecule is O=C(Nc1ccc(N2CCN(C(c3ccc(F)cc3)c3ncco3)CC2)c(F)c1)[C@@H]1CCOC1. The summed E-state index contributed by atoms with van der Waals surface area (Å²) < 4.78 is 39.2. The maximum absolute atomic E-state index is 15.0. The van der Waals surface area contributed by atoms with Crippen molar-refractivity contribution in [3.63, 3.8) is 0 Å². The van der Waals surface area contributed by atoms with Crippen LogP contribution in [0.2, 0.25) is 0 Å². The van der Waals surface area contributed by atoms with Crippen molar-refractivity contribution in [2.24, 2.45) is 5.92 Å². The molecule has 2 aromatic carbocycles. The molecular formula is C25H26F2N4O3. The Morgan fingerprint density at radius 2 is 1.88 bits per heavy atom. The molecule has 2 fully saturated rings. The van der Waals surface area contributed by atoms with Crippen LogP contribution in [0.5, 0.6) is 0 Å². The Balaban J connectivity index is 1.26. The summed E-state index contributed by atoms with van der Waals surface area (Å²) in [5.74, 6) is -0.465. The van der Waals surface area contributed by atoms with Crippen LogP contribution >= 0.6 is 0 Å². The summed E-state index contributed by atoms with van der Waals surface area (Å²) in [6, 6.07) is 10.9. The highest BCUT2D eigenvalue weighted by Crippen LogP contribution is 2.31. The highest BCUT2D eigenvalue weighted by molar-refractivity contribution is 5.93. The largest absolute Gasteiger partial charge is 0.447 e. The first-order valence-electron chi connectivity index (χ1n) is 11.4. The molecule has 0 saturated carbocycles. The van der Waals surface area contributed by atoms with Crippen molar-refractivity contribution in [3.8, 4) is 0 Å². The number of amides is 1. The molecular weight excluding hydrogens is 442 g/mol. The van der Waals surface area contributed by atoms with Crippen LogP contribution in [-0.2, 0) is 9.53 Å². The highest BCUT2D eigenvalue weighted by Gasteiger charge is 2.30. The van der Waals surface area contributed by atoms with E-state index in [2.05, 4.69) is 15.2 Å². The van der Waals surface area contributed by atoms with E-state index in [0.29, 0.717) is 63.1 Å².